The fraction of sp³-hybridized carbons (Fsp3) is 0.909. The maximum atomic E-state index is 11.7. The second-order valence-electron chi connectivity index (χ2n) is 4.85. The van der Waals surface area contributed by atoms with Crippen LogP contribution in [0.25, 0.3) is 0 Å². The van der Waals surface area contributed by atoms with Gasteiger partial charge in [0.2, 0.25) is 5.91 Å². The van der Waals surface area contributed by atoms with Crippen LogP contribution >= 0.6 is 0 Å². The van der Waals surface area contributed by atoms with Crippen molar-refractivity contribution in [3.05, 3.63) is 0 Å². The third kappa shape index (κ3) is 2.69. The van der Waals surface area contributed by atoms with E-state index in [-0.39, 0.29) is 11.8 Å². The van der Waals surface area contributed by atoms with Crippen LogP contribution < -0.4 is 10.6 Å². The summed E-state index contributed by atoms with van der Waals surface area (Å²) in [5, 5.41) is 16.0. The molecule has 86 valence electrons. The summed E-state index contributed by atoms with van der Waals surface area (Å²) in [7, 11) is 0. The first-order valence-electron chi connectivity index (χ1n) is 5.90. The Kier molecular flexibility index (Phi) is 3.26. The van der Waals surface area contributed by atoms with Crippen molar-refractivity contribution in [2.75, 3.05) is 19.6 Å². The molecule has 1 unspecified atom stereocenters. The normalized spacial score (nSPS) is 32.1. The fourth-order valence-electron chi connectivity index (χ4n) is 2.47. The topological polar surface area (TPSA) is 61.4 Å². The first-order valence-corrected chi connectivity index (χ1v) is 5.90. The van der Waals surface area contributed by atoms with Gasteiger partial charge in [0.1, 0.15) is 0 Å². The van der Waals surface area contributed by atoms with E-state index < -0.39 is 5.60 Å². The average molecular weight is 212 g/mol. The van der Waals surface area contributed by atoms with Gasteiger partial charge >= 0.3 is 0 Å². The van der Waals surface area contributed by atoms with Gasteiger partial charge in [0.25, 0.3) is 0 Å². The number of β-amino-alcohol motifs (C(OH)–C–C–N with tert-alkyl or cyclic N) is 1. The van der Waals surface area contributed by atoms with Gasteiger partial charge in [0.15, 0.2) is 0 Å². The minimum Gasteiger partial charge on any atom is -0.387 e. The number of carbonyl (C=O) groups excluding carboxylic acids is 1. The van der Waals surface area contributed by atoms with Crippen molar-refractivity contribution in [1.29, 1.82) is 0 Å². The van der Waals surface area contributed by atoms with Crippen molar-refractivity contribution in [3.8, 4) is 0 Å². The molecule has 0 spiro atoms. The van der Waals surface area contributed by atoms with Crippen LogP contribution in [0.2, 0.25) is 0 Å². The van der Waals surface area contributed by atoms with Crippen LogP contribution in [-0.4, -0.2) is 36.2 Å². The number of hydrogen-bond donors (Lipinski definition) is 3. The Morgan fingerprint density at radius 1 is 1.47 bits per heavy atom. The summed E-state index contributed by atoms with van der Waals surface area (Å²) in [6.07, 6.45) is 5.11. The SMILES string of the molecule is O=C(NCC1(O)CCNC1)C1CCCC1. The molecule has 3 N–H and O–H groups in total. The van der Waals surface area contributed by atoms with E-state index in [9.17, 15) is 9.90 Å². The van der Waals surface area contributed by atoms with Crippen molar-refractivity contribution in [1.82, 2.24) is 10.6 Å². The fourth-order valence-corrected chi connectivity index (χ4v) is 2.47. The molecule has 0 aromatic rings. The standard InChI is InChI=1S/C11H20N2O2/c14-10(9-3-1-2-4-9)13-8-11(15)5-6-12-7-11/h9,12,15H,1-8H2,(H,13,14). The highest BCUT2D eigenvalue weighted by molar-refractivity contribution is 5.78. The Balaban J connectivity index is 1.74. The first-order chi connectivity index (χ1) is 7.20. The van der Waals surface area contributed by atoms with E-state index in [2.05, 4.69) is 10.6 Å². The van der Waals surface area contributed by atoms with Crippen LogP contribution in [0.4, 0.5) is 0 Å². The zero-order chi connectivity index (χ0) is 10.7. The summed E-state index contributed by atoms with van der Waals surface area (Å²) in [5.41, 5.74) is -0.714. The quantitative estimate of drug-likeness (QED) is 0.618. The molecule has 1 atom stereocenters. The lowest BCUT2D eigenvalue weighted by atomic mass is 10.0. The molecule has 1 amide bonds. The van der Waals surface area contributed by atoms with Gasteiger partial charge in [-0.05, 0) is 25.8 Å². The molecule has 2 rings (SSSR count). The molecule has 2 fully saturated rings. The van der Waals surface area contributed by atoms with E-state index >= 15 is 0 Å². The number of hydrogen-bond acceptors (Lipinski definition) is 3. The summed E-state index contributed by atoms with van der Waals surface area (Å²) < 4.78 is 0. The molecular weight excluding hydrogens is 192 g/mol. The van der Waals surface area contributed by atoms with Gasteiger partial charge in [-0.3, -0.25) is 4.79 Å². The monoisotopic (exact) mass is 212 g/mol. The predicted molar refractivity (Wildman–Crippen MR) is 57.4 cm³/mol. The molecule has 0 aromatic heterocycles. The molecule has 4 heteroatoms. The molecule has 2 aliphatic rings. The van der Waals surface area contributed by atoms with Gasteiger partial charge < -0.3 is 15.7 Å². The predicted octanol–water partition coefficient (Wildman–Crippen LogP) is 0.0172. The summed E-state index contributed by atoms with van der Waals surface area (Å²) >= 11 is 0. The van der Waals surface area contributed by atoms with Crippen LogP contribution in [0.15, 0.2) is 0 Å². The number of rotatable bonds is 3. The van der Waals surface area contributed by atoms with E-state index in [1.165, 1.54) is 12.8 Å². The largest absolute Gasteiger partial charge is 0.387 e. The van der Waals surface area contributed by atoms with E-state index in [0.717, 1.165) is 25.8 Å². The third-order valence-electron chi connectivity index (χ3n) is 3.54. The Bertz CT molecular complexity index is 231. The highest BCUT2D eigenvalue weighted by Gasteiger charge is 2.32. The lowest BCUT2D eigenvalue weighted by molar-refractivity contribution is -0.125. The maximum absolute atomic E-state index is 11.7. The minimum absolute atomic E-state index is 0.132. The number of amides is 1. The molecule has 1 heterocycles. The van der Waals surface area contributed by atoms with Crippen molar-refractivity contribution < 1.29 is 9.90 Å². The van der Waals surface area contributed by atoms with E-state index in [1.54, 1.807) is 0 Å². The Morgan fingerprint density at radius 3 is 2.80 bits per heavy atom. The minimum atomic E-state index is -0.714. The van der Waals surface area contributed by atoms with E-state index in [0.29, 0.717) is 13.1 Å². The molecule has 0 bridgehead atoms. The van der Waals surface area contributed by atoms with Crippen LogP contribution in [0.3, 0.4) is 0 Å². The van der Waals surface area contributed by atoms with Crippen LogP contribution in [-0.2, 0) is 4.79 Å². The number of carbonyl (C=O) groups is 1. The van der Waals surface area contributed by atoms with Gasteiger partial charge in [0, 0.05) is 19.0 Å². The van der Waals surface area contributed by atoms with Crippen molar-refractivity contribution in [2.24, 2.45) is 5.92 Å². The summed E-state index contributed by atoms with van der Waals surface area (Å²) in [5.74, 6) is 0.329. The zero-order valence-corrected chi connectivity index (χ0v) is 9.09. The number of aliphatic hydroxyl groups is 1. The molecule has 15 heavy (non-hydrogen) atoms. The second kappa shape index (κ2) is 4.49. The van der Waals surface area contributed by atoms with E-state index in [1.807, 2.05) is 0 Å². The number of nitrogens with one attached hydrogen (secondary N) is 2. The van der Waals surface area contributed by atoms with Crippen molar-refractivity contribution in [2.45, 2.75) is 37.7 Å². The second-order valence-corrected chi connectivity index (χ2v) is 4.85. The van der Waals surface area contributed by atoms with Crippen molar-refractivity contribution in [3.63, 3.8) is 0 Å². The van der Waals surface area contributed by atoms with Gasteiger partial charge in [-0.15, -0.1) is 0 Å². The molecule has 1 aliphatic heterocycles. The molecule has 4 nitrogen and oxygen atoms in total. The maximum Gasteiger partial charge on any atom is 0.223 e. The summed E-state index contributed by atoms with van der Waals surface area (Å²) in [4.78, 5) is 11.7. The van der Waals surface area contributed by atoms with Crippen LogP contribution in [0.1, 0.15) is 32.1 Å². The molecular formula is C11H20N2O2. The molecule has 1 saturated carbocycles. The summed E-state index contributed by atoms with van der Waals surface area (Å²) in [6, 6.07) is 0. The lowest BCUT2D eigenvalue weighted by Gasteiger charge is -2.22. The zero-order valence-electron chi connectivity index (χ0n) is 9.09. The van der Waals surface area contributed by atoms with Gasteiger partial charge in [-0.1, -0.05) is 12.8 Å². The van der Waals surface area contributed by atoms with Gasteiger partial charge in [-0.25, -0.2) is 0 Å². The first kappa shape index (κ1) is 10.9. The van der Waals surface area contributed by atoms with Gasteiger partial charge in [0.05, 0.1) is 5.60 Å². The molecule has 1 aliphatic carbocycles. The van der Waals surface area contributed by atoms with Crippen LogP contribution in [0.5, 0.6) is 0 Å². The average Bonchev–Trinajstić information content (AvgIpc) is 2.85. The van der Waals surface area contributed by atoms with E-state index in [4.69, 9.17) is 0 Å². The molecule has 0 radical (unpaired) electrons. The highest BCUT2D eigenvalue weighted by atomic mass is 16.3. The van der Waals surface area contributed by atoms with Gasteiger partial charge in [-0.2, -0.15) is 0 Å². The Labute approximate surface area is 90.4 Å². The molecule has 0 aromatic carbocycles. The third-order valence-corrected chi connectivity index (χ3v) is 3.54. The van der Waals surface area contributed by atoms with Crippen LogP contribution in [0, 0.1) is 5.92 Å². The van der Waals surface area contributed by atoms with Crippen molar-refractivity contribution >= 4 is 5.91 Å². The Hall–Kier alpha value is -0.610. The summed E-state index contributed by atoms with van der Waals surface area (Å²) in [6.45, 7) is 1.84. The smallest absolute Gasteiger partial charge is 0.223 e. The molecule has 1 saturated heterocycles. The highest BCUT2D eigenvalue weighted by Crippen LogP contribution is 2.24. The Morgan fingerprint density at radius 2 is 2.20 bits per heavy atom. The lowest BCUT2D eigenvalue weighted by Crippen LogP contribution is -2.45.